The largest absolute Gasteiger partial charge is 0.454 e. The third-order valence-corrected chi connectivity index (χ3v) is 8.32. The smallest absolute Gasteiger partial charge is 0.231 e. The van der Waals surface area contributed by atoms with Crippen LogP contribution in [0.2, 0.25) is 0 Å². The molecule has 5 heterocycles. The lowest BCUT2D eigenvalue weighted by Crippen LogP contribution is -2.75. The van der Waals surface area contributed by atoms with Crippen molar-refractivity contribution < 1.29 is 19.4 Å². The van der Waals surface area contributed by atoms with Crippen molar-refractivity contribution in [1.29, 1.82) is 0 Å². The monoisotopic (exact) mass is 354 g/mol. The zero-order valence-corrected chi connectivity index (χ0v) is 14.6. The van der Waals surface area contributed by atoms with E-state index in [2.05, 4.69) is 15.9 Å². The predicted molar refractivity (Wildman–Crippen MR) is 92.4 cm³/mol. The van der Waals surface area contributed by atoms with Crippen molar-refractivity contribution >= 4 is 11.6 Å². The third-order valence-electron chi connectivity index (χ3n) is 8.32. The maximum Gasteiger partial charge on any atom is 0.231 e. The second kappa shape index (κ2) is 4.20. The Morgan fingerprint density at radius 2 is 1.92 bits per heavy atom. The number of hydrogen-bond acceptors (Lipinski definition) is 5. The fourth-order valence-electron chi connectivity index (χ4n) is 7.58. The van der Waals surface area contributed by atoms with Crippen molar-refractivity contribution in [3.63, 3.8) is 0 Å². The van der Waals surface area contributed by atoms with E-state index in [0.29, 0.717) is 12.3 Å². The normalized spacial score (nSPS) is 44.3. The van der Waals surface area contributed by atoms with Crippen LogP contribution in [0.1, 0.15) is 43.6 Å². The highest BCUT2D eigenvalue weighted by molar-refractivity contribution is 6.01. The number of fused-ring (bicyclic) bond motifs is 4. The summed E-state index contributed by atoms with van der Waals surface area (Å²) in [6, 6.07) is 4.43. The average molecular weight is 354 g/mol. The van der Waals surface area contributed by atoms with Gasteiger partial charge in [0.2, 0.25) is 12.7 Å². The number of nitrogens with zero attached hydrogens (tertiary/aromatic N) is 2. The van der Waals surface area contributed by atoms with Crippen LogP contribution in [0.25, 0.3) is 0 Å². The summed E-state index contributed by atoms with van der Waals surface area (Å²) >= 11 is 0. The molecule has 4 fully saturated rings. The summed E-state index contributed by atoms with van der Waals surface area (Å²) in [7, 11) is 0. The lowest BCUT2D eigenvalue weighted by molar-refractivity contribution is -0.148. The van der Waals surface area contributed by atoms with Gasteiger partial charge in [-0.05, 0) is 43.9 Å². The number of carbonyl (C=O) groups excluding carboxylic acids is 1. The first-order valence-electron chi connectivity index (χ1n) is 9.84. The Labute approximate surface area is 151 Å². The molecule has 6 aliphatic rings. The molecule has 1 aromatic carbocycles. The lowest BCUT2D eigenvalue weighted by Gasteiger charge is -2.62. The van der Waals surface area contributed by atoms with E-state index in [-0.39, 0.29) is 35.8 Å². The van der Waals surface area contributed by atoms with Crippen molar-refractivity contribution in [2.45, 2.75) is 55.7 Å². The van der Waals surface area contributed by atoms with Crippen LogP contribution in [-0.4, -0.2) is 53.5 Å². The molecule has 5 atom stereocenters. The first kappa shape index (κ1) is 14.3. The fraction of sp³-hybridized carbons (Fsp3) is 0.650. The molecule has 1 aliphatic carbocycles. The minimum Gasteiger partial charge on any atom is -0.454 e. The van der Waals surface area contributed by atoms with Crippen LogP contribution in [0.5, 0.6) is 11.5 Å². The Bertz CT molecular complexity index is 872. The van der Waals surface area contributed by atoms with E-state index in [1.807, 2.05) is 6.07 Å². The molecule has 0 radical (unpaired) electrons. The van der Waals surface area contributed by atoms with Gasteiger partial charge >= 0.3 is 0 Å². The zero-order chi connectivity index (χ0) is 17.3. The molecule has 6 heteroatoms. The van der Waals surface area contributed by atoms with Gasteiger partial charge in [0.15, 0.2) is 11.5 Å². The van der Waals surface area contributed by atoms with Crippen LogP contribution in [-0.2, 0) is 4.79 Å². The zero-order valence-electron chi connectivity index (χ0n) is 14.6. The van der Waals surface area contributed by atoms with Crippen molar-refractivity contribution in [3.05, 3.63) is 17.7 Å². The van der Waals surface area contributed by atoms with Gasteiger partial charge in [-0.2, -0.15) is 0 Å². The third kappa shape index (κ3) is 1.28. The second-order valence-electron chi connectivity index (χ2n) is 8.98. The van der Waals surface area contributed by atoms with Crippen molar-refractivity contribution in [3.8, 4) is 11.5 Å². The molecule has 1 saturated carbocycles. The van der Waals surface area contributed by atoms with Gasteiger partial charge in [0.1, 0.15) is 0 Å². The van der Waals surface area contributed by atoms with Crippen LogP contribution >= 0.6 is 0 Å². The van der Waals surface area contributed by atoms with E-state index in [4.69, 9.17) is 9.47 Å². The van der Waals surface area contributed by atoms with Gasteiger partial charge in [0.05, 0.1) is 17.3 Å². The molecule has 136 valence electrons. The number of piperidine rings is 3. The number of hydrogen-bond donors (Lipinski definition) is 1. The number of ether oxygens (including phenoxy) is 2. The van der Waals surface area contributed by atoms with E-state index in [9.17, 15) is 9.90 Å². The average Bonchev–Trinajstić information content (AvgIpc) is 3.27. The first-order valence-corrected chi connectivity index (χ1v) is 9.84. The summed E-state index contributed by atoms with van der Waals surface area (Å²) in [5.74, 6) is 2.08. The highest BCUT2D eigenvalue weighted by Gasteiger charge is 2.75. The first-order chi connectivity index (χ1) is 12.6. The van der Waals surface area contributed by atoms with E-state index < -0.39 is 0 Å². The summed E-state index contributed by atoms with van der Waals surface area (Å²) < 4.78 is 11.2. The van der Waals surface area contributed by atoms with Gasteiger partial charge in [-0.25, -0.2) is 0 Å². The van der Waals surface area contributed by atoms with E-state index in [1.165, 1.54) is 5.56 Å². The summed E-state index contributed by atoms with van der Waals surface area (Å²) in [6.07, 6.45) is 3.93. The maximum atomic E-state index is 13.4. The number of carbonyl (C=O) groups is 1. The highest BCUT2D eigenvalue weighted by Crippen LogP contribution is 2.70. The topological polar surface area (TPSA) is 62.2 Å². The molecule has 1 spiro atoms. The summed E-state index contributed by atoms with van der Waals surface area (Å²) in [5, 5.41) is 11.0. The van der Waals surface area contributed by atoms with Gasteiger partial charge in [0.25, 0.3) is 0 Å². The van der Waals surface area contributed by atoms with E-state index >= 15 is 0 Å². The predicted octanol–water partition coefficient (Wildman–Crippen LogP) is 1.61. The molecular weight excluding hydrogens is 332 g/mol. The minimum atomic E-state index is -0.353. The van der Waals surface area contributed by atoms with Crippen LogP contribution in [0.15, 0.2) is 12.1 Å². The van der Waals surface area contributed by atoms with Crippen molar-refractivity contribution in [2.75, 3.05) is 24.8 Å². The van der Waals surface area contributed by atoms with Gasteiger partial charge in [-0.1, -0.05) is 0 Å². The van der Waals surface area contributed by atoms with Gasteiger partial charge < -0.3 is 19.5 Å². The Morgan fingerprint density at radius 1 is 1.12 bits per heavy atom. The van der Waals surface area contributed by atoms with Gasteiger partial charge in [-0.3, -0.25) is 9.69 Å². The van der Waals surface area contributed by atoms with Crippen molar-refractivity contribution in [2.24, 2.45) is 5.41 Å². The standard InChI is InChI=1S/C20H22N2O4/c23-16-2-6-21-5-1-12-11-7-14-15(26-10-25-14)8-13(11)22-17(24)9-19(16)3-4-20(12,22)18(19)21/h7-8,12,16,18,23H,1-6,9-10H2/t12-,16?,18-,19-,20+/m0/s1. The number of aliphatic hydroxyl groups excluding tert-OH is 1. The number of rotatable bonds is 0. The Balaban J connectivity index is 1.50. The Morgan fingerprint density at radius 3 is 2.81 bits per heavy atom. The molecule has 26 heavy (non-hydrogen) atoms. The molecule has 0 aromatic heterocycles. The molecule has 6 nitrogen and oxygen atoms in total. The van der Waals surface area contributed by atoms with Crippen LogP contribution in [0.3, 0.4) is 0 Å². The second-order valence-corrected chi connectivity index (χ2v) is 8.98. The number of benzene rings is 1. The lowest BCUT2D eigenvalue weighted by atomic mass is 9.60. The fourth-order valence-corrected chi connectivity index (χ4v) is 7.58. The summed E-state index contributed by atoms with van der Waals surface area (Å²) in [5.41, 5.74) is 1.84. The van der Waals surface area contributed by atoms with Gasteiger partial charge in [0, 0.05) is 36.4 Å². The molecule has 1 aromatic rings. The molecule has 2 bridgehead atoms. The molecular formula is C20H22N2O4. The molecule has 3 saturated heterocycles. The Hall–Kier alpha value is -1.79. The van der Waals surface area contributed by atoms with E-state index in [0.717, 1.165) is 56.0 Å². The minimum absolute atomic E-state index is 0.184. The van der Waals surface area contributed by atoms with Crippen LogP contribution in [0.4, 0.5) is 5.69 Å². The van der Waals surface area contributed by atoms with Crippen LogP contribution < -0.4 is 14.4 Å². The SMILES string of the molecule is O=C1C[C@@]23CC[C@@]45[C@@H](CCN(CCC2O)[C@@H]34)c2cc3c(cc2N15)OCO3. The van der Waals surface area contributed by atoms with E-state index in [1.54, 1.807) is 0 Å². The summed E-state index contributed by atoms with van der Waals surface area (Å²) in [4.78, 5) is 18.1. The Kier molecular flexibility index (Phi) is 2.31. The molecule has 5 aliphatic heterocycles. The van der Waals surface area contributed by atoms with Crippen LogP contribution in [0, 0.1) is 5.41 Å². The molecule has 1 N–H and O–H groups in total. The van der Waals surface area contributed by atoms with Gasteiger partial charge in [-0.15, -0.1) is 0 Å². The molecule has 7 rings (SSSR count). The quantitative estimate of drug-likeness (QED) is 0.767. The highest BCUT2D eigenvalue weighted by atomic mass is 16.7. The maximum absolute atomic E-state index is 13.4. The number of amides is 1. The summed E-state index contributed by atoms with van der Waals surface area (Å²) in [6.45, 7) is 2.26. The number of anilines is 1. The number of aliphatic hydroxyl groups is 1. The molecule has 1 amide bonds. The molecule has 1 unspecified atom stereocenters. The van der Waals surface area contributed by atoms with Crippen molar-refractivity contribution in [1.82, 2.24) is 4.90 Å².